The molecular weight excluding hydrogens is 254 g/mol. The molecule has 3 aliphatic rings. The zero-order valence-electron chi connectivity index (χ0n) is 12.5. The Balaban J connectivity index is 1.64. The van der Waals surface area contributed by atoms with Gasteiger partial charge in [-0.2, -0.15) is 0 Å². The zero-order chi connectivity index (χ0) is 14.3. The van der Waals surface area contributed by atoms with E-state index in [0.29, 0.717) is 18.6 Å². The number of nitrogens with zero attached hydrogens (tertiary/aromatic N) is 2. The quantitative estimate of drug-likeness (QED) is 0.800. The molecule has 112 valence electrons. The molecule has 1 atom stereocenters. The summed E-state index contributed by atoms with van der Waals surface area (Å²) in [7, 11) is 2.03. The molecule has 1 N–H and O–H groups in total. The van der Waals surface area contributed by atoms with Crippen LogP contribution in [0.15, 0.2) is 0 Å². The standard InChI is InChI=1S/C15H25N3O2/c1-15(11-8-9-11)13(19)18(14(20)16-15)10-17(2)12-6-4-3-5-7-12/h11-12H,3-10H2,1-2H3,(H,16,20)/t15-/m0/s1. The molecule has 0 aromatic heterocycles. The lowest BCUT2D eigenvalue weighted by atomic mass is 9.94. The van der Waals surface area contributed by atoms with Gasteiger partial charge < -0.3 is 5.32 Å². The first-order valence-corrected chi connectivity index (χ1v) is 7.86. The van der Waals surface area contributed by atoms with Crippen LogP contribution in [0, 0.1) is 5.92 Å². The Morgan fingerprint density at radius 2 is 1.85 bits per heavy atom. The lowest BCUT2D eigenvalue weighted by Gasteiger charge is -2.33. The molecule has 5 heteroatoms. The van der Waals surface area contributed by atoms with Crippen molar-refractivity contribution in [3.8, 4) is 0 Å². The van der Waals surface area contributed by atoms with Gasteiger partial charge in [-0.1, -0.05) is 19.3 Å². The smallest absolute Gasteiger partial charge is 0.323 e. The van der Waals surface area contributed by atoms with Crippen LogP contribution in [-0.2, 0) is 4.79 Å². The van der Waals surface area contributed by atoms with Crippen molar-refractivity contribution >= 4 is 11.9 Å². The molecule has 0 bridgehead atoms. The van der Waals surface area contributed by atoms with Gasteiger partial charge in [0.05, 0.1) is 6.67 Å². The van der Waals surface area contributed by atoms with Crippen molar-refractivity contribution < 1.29 is 9.59 Å². The van der Waals surface area contributed by atoms with E-state index in [9.17, 15) is 9.59 Å². The minimum Gasteiger partial charge on any atom is -0.323 e. The van der Waals surface area contributed by atoms with Gasteiger partial charge in [-0.3, -0.25) is 9.69 Å². The predicted molar refractivity (Wildman–Crippen MR) is 76.0 cm³/mol. The van der Waals surface area contributed by atoms with Gasteiger partial charge in [0, 0.05) is 6.04 Å². The van der Waals surface area contributed by atoms with E-state index in [1.54, 1.807) is 0 Å². The summed E-state index contributed by atoms with van der Waals surface area (Å²) in [5, 5.41) is 2.91. The molecule has 1 heterocycles. The molecule has 0 aromatic carbocycles. The third-order valence-electron chi connectivity index (χ3n) is 5.26. The van der Waals surface area contributed by atoms with Crippen molar-refractivity contribution in [3.63, 3.8) is 0 Å². The highest BCUT2D eigenvalue weighted by atomic mass is 16.2. The van der Waals surface area contributed by atoms with Crippen molar-refractivity contribution in [2.24, 2.45) is 5.92 Å². The Morgan fingerprint density at radius 3 is 2.45 bits per heavy atom. The number of nitrogens with one attached hydrogen (secondary N) is 1. The summed E-state index contributed by atoms with van der Waals surface area (Å²) in [5.74, 6) is 0.302. The highest BCUT2D eigenvalue weighted by Gasteiger charge is 2.56. The van der Waals surface area contributed by atoms with E-state index in [4.69, 9.17) is 0 Å². The molecule has 5 nitrogen and oxygen atoms in total. The Kier molecular flexibility index (Phi) is 3.48. The predicted octanol–water partition coefficient (Wildman–Crippen LogP) is 1.93. The number of urea groups is 1. The van der Waals surface area contributed by atoms with Crippen LogP contribution in [0.2, 0.25) is 0 Å². The summed E-state index contributed by atoms with van der Waals surface area (Å²) in [4.78, 5) is 28.3. The summed E-state index contributed by atoms with van der Waals surface area (Å²) >= 11 is 0. The van der Waals surface area contributed by atoms with Crippen LogP contribution in [-0.4, -0.2) is 47.0 Å². The number of hydrogen-bond acceptors (Lipinski definition) is 3. The second-order valence-corrected chi connectivity index (χ2v) is 6.83. The normalized spacial score (nSPS) is 32.0. The number of hydrogen-bond donors (Lipinski definition) is 1. The van der Waals surface area contributed by atoms with Crippen molar-refractivity contribution in [2.75, 3.05) is 13.7 Å². The molecule has 2 aliphatic carbocycles. The van der Waals surface area contributed by atoms with Gasteiger partial charge in [-0.25, -0.2) is 9.69 Å². The maximum absolute atomic E-state index is 12.6. The van der Waals surface area contributed by atoms with Crippen molar-refractivity contribution in [2.45, 2.75) is 63.5 Å². The summed E-state index contributed by atoms with van der Waals surface area (Å²) in [6.07, 6.45) is 8.29. The number of imide groups is 1. The second kappa shape index (κ2) is 5.02. The minimum absolute atomic E-state index is 0.0346. The van der Waals surface area contributed by atoms with Crippen LogP contribution in [0.4, 0.5) is 4.79 Å². The monoisotopic (exact) mass is 279 g/mol. The fraction of sp³-hybridized carbons (Fsp3) is 0.867. The van der Waals surface area contributed by atoms with Crippen LogP contribution in [0.5, 0.6) is 0 Å². The van der Waals surface area contributed by atoms with Crippen molar-refractivity contribution in [1.29, 1.82) is 0 Å². The Morgan fingerprint density at radius 1 is 1.20 bits per heavy atom. The van der Waals surface area contributed by atoms with Crippen LogP contribution in [0.3, 0.4) is 0 Å². The fourth-order valence-corrected chi connectivity index (χ4v) is 3.64. The first-order chi connectivity index (χ1) is 9.52. The molecule has 3 amide bonds. The highest BCUT2D eigenvalue weighted by Crippen LogP contribution is 2.42. The Hall–Kier alpha value is -1.10. The van der Waals surface area contributed by atoms with E-state index >= 15 is 0 Å². The highest BCUT2D eigenvalue weighted by molar-refractivity contribution is 6.07. The molecule has 1 saturated heterocycles. The fourth-order valence-electron chi connectivity index (χ4n) is 3.64. The molecule has 0 unspecified atom stereocenters. The Bertz CT molecular complexity index is 415. The SMILES string of the molecule is CN(CN1C(=O)N[C@@](C)(C2CC2)C1=O)C1CCCCC1. The lowest BCUT2D eigenvalue weighted by molar-refractivity contribution is -0.133. The molecule has 0 radical (unpaired) electrons. The first-order valence-electron chi connectivity index (χ1n) is 7.86. The van der Waals surface area contributed by atoms with Gasteiger partial charge in [0.1, 0.15) is 5.54 Å². The van der Waals surface area contributed by atoms with Crippen molar-refractivity contribution in [1.82, 2.24) is 15.1 Å². The number of carbonyl (C=O) groups is 2. The third-order valence-corrected chi connectivity index (χ3v) is 5.26. The average Bonchev–Trinajstić information content (AvgIpc) is 3.26. The van der Waals surface area contributed by atoms with Crippen LogP contribution >= 0.6 is 0 Å². The van der Waals surface area contributed by atoms with E-state index in [-0.39, 0.29) is 11.9 Å². The number of carbonyl (C=O) groups excluding carboxylic acids is 2. The van der Waals surface area contributed by atoms with Gasteiger partial charge in [0.25, 0.3) is 5.91 Å². The number of amides is 3. The van der Waals surface area contributed by atoms with Gasteiger partial charge in [0.2, 0.25) is 0 Å². The molecule has 0 aromatic rings. The second-order valence-electron chi connectivity index (χ2n) is 6.83. The molecule has 1 aliphatic heterocycles. The third kappa shape index (κ3) is 2.32. The van der Waals surface area contributed by atoms with Crippen LogP contribution < -0.4 is 5.32 Å². The van der Waals surface area contributed by atoms with Crippen molar-refractivity contribution in [3.05, 3.63) is 0 Å². The topological polar surface area (TPSA) is 52.6 Å². The minimum atomic E-state index is -0.648. The molecule has 3 rings (SSSR count). The van der Waals surface area contributed by atoms with E-state index in [2.05, 4.69) is 10.2 Å². The number of rotatable bonds is 4. The van der Waals surface area contributed by atoms with E-state index in [0.717, 1.165) is 12.8 Å². The molecule has 20 heavy (non-hydrogen) atoms. The molecule has 2 saturated carbocycles. The maximum Gasteiger partial charge on any atom is 0.326 e. The summed E-state index contributed by atoms with van der Waals surface area (Å²) in [6.45, 7) is 2.31. The molecular formula is C15H25N3O2. The van der Waals surface area contributed by atoms with Crippen LogP contribution in [0.25, 0.3) is 0 Å². The lowest BCUT2D eigenvalue weighted by Crippen LogP contribution is -2.48. The van der Waals surface area contributed by atoms with E-state index in [1.807, 2.05) is 14.0 Å². The van der Waals surface area contributed by atoms with Crippen LogP contribution in [0.1, 0.15) is 51.9 Å². The van der Waals surface area contributed by atoms with Gasteiger partial charge in [0.15, 0.2) is 0 Å². The van der Waals surface area contributed by atoms with Gasteiger partial charge in [-0.05, 0) is 45.6 Å². The molecule has 3 fully saturated rings. The molecule has 0 spiro atoms. The first kappa shape index (κ1) is 13.9. The summed E-state index contributed by atoms with van der Waals surface area (Å²) in [6, 6.07) is 0.296. The zero-order valence-corrected chi connectivity index (χ0v) is 12.5. The largest absolute Gasteiger partial charge is 0.326 e. The van der Waals surface area contributed by atoms with E-state index in [1.165, 1.54) is 37.0 Å². The van der Waals surface area contributed by atoms with Gasteiger partial charge in [-0.15, -0.1) is 0 Å². The Labute approximate surface area is 120 Å². The average molecular weight is 279 g/mol. The maximum atomic E-state index is 12.6. The summed E-state index contributed by atoms with van der Waals surface area (Å²) < 4.78 is 0. The van der Waals surface area contributed by atoms with E-state index < -0.39 is 5.54 Å². The van der Waals surface area contributed by atoms with Gasteiger partial charge >= 0.3 is 6.03 Å². The summed E-state index contributed by atoms with van der Waals surface area (Å²) in [5.41, 5.74) is -0.648.